The molecule has 1 N–H and O–H groups in total. The van der Waals surface area contributed by atoms with E-state index < -0.39 is 0 Å². The maximum atomic E-state index is 12.6. The van der Waals surface area contributed by atoms with Crippen LogP contribution in [0.15, 0.2) is 42.5 Å². The van der Waals surface area contributed by atoms with Gasteiger partial charge in [-0.1, -0.05) is 44.2 Å². The number of amides is 1. The van der Waals surface area contributed by atoms with Crippen molar-refractivity contribution in [2.24, 2.45) is 5.92 Å². The molecule has 0 aromatic heterocycles. The molecule has 140 valence electrons. The molecule has 0 saturated carbocycles. The molecule has 2 aromatic carbocycles. The van der Waals surface area contributed by atoms with Gasteiger partial charge in [0.2, 0.25) is 11.7 Å². The predicted octanol–water partition coefficient (Wildman–Crippen LogP) is 3.77. The lowest BCUT2D eigenvalue weighted by molar-refractivity contribution is -0.121. The lowest BCUT2D eigenvalue weighted by atomic mass is 9.95. The fourth-order valence-corrected chi connectivity index (χ4v) is 2.94. The van der Waals surface area contributed by atoms with Crippen LogP contribution in [0.3, 0.4) is 0 Å². The number of hydrogen-bond acceptors (Lipinski definition) is 4. The third-order valence-electron chi connectivity index (χ3n) is 4.23. The van der Waals surface area contributed by atoms with E-state index in [0.717, 1.165) is 11.1 Å². The average Bonchev–Trinajstić information content (AvgIpc) is 2.65. The van der Waals surface area contributed by atoms with Crippen molar-refractivity contribution in [3.63, 3.8) is 0 Å². The zero-order valence-corrected chi connectivity index (χ0v) is 16.0. The third-order valence-corrected chi connectivity index (χ3v) is 4.23. The molecule has 0 aliphatic heterocycles. The third kappa shape index (κ3) is 4.69. The van der Waals surface area contributed by atoms with Crippen LogP contribution >= 0.6 is 0 Å². The summed E-state index contributed by atoms with van der Waals surface area (Å²) in [5.41, 5.74) is 1.90. The minimum Gasteiger partial charge on any atom is -0.493 e. The van der Waals surface area contributed by atoms with E-state index >= 15 is 0 Å². The first-order valence-electron chi connectivity index (χ1n) is 8.63. The Hall–Kier alpha value is -2.69. The van der Waals surface area contributed by atoms with E-state index in [1.54, 1.807) is 33.5 Å². The van der Waals surface area contributed by atoms with Gasteiger partial charge in [0.05, 0.1) is 33.8 Å². The number of benzene rings is 2. The summed E-state index contributed by atoms with van der Waals surface area (Å²) in [6.07, 6.45) is 0.229. The van der Waals surface area contributed by atoms with E-state index in [-0.39, 0.29) is 24.3 Å². The average molecular weight is 357 g/mol. The fourth-order valence-electron chi connectivity index (χ4n) is 2.94. The minimum absolute atomic E-state index is 0.0364. The SMILES string of the molecule is COc1cc(CC(=O)NC(c2ccccc2)C(C)C)cc(OC)c1OC. The molecule has 1 unspecified atom stereocenters. The van der Waals surface area contributed by atoms with Crippen molar-refractivity contribution in [2.75, 3.05) is 21.3 Å². The first-order valence-corrected chi connectivity index (χ1v) is 8.63. The highest BCUT2D eigenvalue weighted by Gasteiger charge is 2.20. The number of rotatable bonds is 8. The highest BCUT2D eigenvalue weighted by Crippen LogP contribution is 2.38. The zero-order valence-electron chi connectivity index (χ0n) is 16.0. The van der Waals surface area contributed by atoms with E-state index in [1.165, 1.54) is 0 Å². The Bertz CT molecular complexity index is 703. The van der Waals surface area contributed by atoms with E-state index in [4.69, 9.17) is 14.2 Å². The Morgan fingerprint density at radius 1 is 0.962 bits per heavy atom. The van der Waals surface area contributed by atoms with Gasteiger partial charge in [0.25, 0.3) is 0 Å². The van der Waals surface area contributed by atoms with Crippen molar-refractivity contribution in [1.29, 1.82) is 0 Å². The molecule has 0 saturated heterocycles. The summed E-state index contributed by atoms with van der Waals surface area (Å²) >= 11 is 0. The van der Waals surface area contributed by atoms with Crippen LogP contribution in [0, 0.1) is 5.92 Å². The van der Waals surface area contributed by atoms with Crippen LogP contribution in [0.5, 0.6) is 17.2 Å². The van der Waals surface area contributed by atoms with Crippen LogP contribution in [0.1, 0.15) is 31.0 Å². The Kier molecular flexibility index (Phi) is 6.89. The quantitative estimate of drug-likeness (QED) is 0.781. The Labute approximate surface area is 155 Å². The van der Waals surface area contributed by atoms with Gasteiger partial charge in [0.15, 0.2) is 11.5 Å². The van der Waals surface area contributed by atoms with Crippen molar-refractivity contribution >= 4 is 5.91 Å². The molecule has 0 fully saturated rings. The van der Waals surface area contributed by atoms with Gasteiger partial charge < -0.3 is 19.5 Å². The predicted molar refractivity (Wildman–Crippen MR) is 102 cm³/mol. The summed E-state index contributed by atoms with van der Waals surface area (Å²) < 4.78 is 16.0. The number of carbonyl (C=O) groups is 1. The summed E-state index contributed by atoms with van der Waals surface area (Å²) in [7, 11) is 4.68. The number of methoxy groups -OCH3 is 3. The van der Waals surface area contributed by atoms with Crippen molar-refractivity contribution < 1.29 is 19.0 Å². The molecule has 2 aromatic rings. The molecule has 0 heterocycles. The first kappa shape index (κ1) is 19.6. The van der Waals surface area contributed by atoms with Gasteiger partial charge in [-0.15, -0.1) is 0 Å². The summed E-state index contributed by atoms with van der Waals surface area (Å²) in [5.74, 6) is 1.82. The van der Waals surface area contributed by atoms with Crippen LogP contribution in [0.4, 0.5) is 0 Å². The zero-order chi connectivity index (χ0) is 19.1. The summed E-state index contributed by atoms with van der Waals surface area (Å²) in [5, 5.41) is 3.13. The second-order valence-corrected chi connectivity index (χ2v) is 6.41. The molecule has 5 nitrogen and oxygen atoms in total. The summed E-state index contributed by atoms with van der Waals surface area (Å²) in [6, 6.07) is 13.6. The Morgan fingerprint density at radius 3 is 2.00 bits per heavy atom. The normalized spacial score (nSPS) is 11.8. The van der Waals surface area contributed by atoms with E-state index in [9.17, 15) is 4.79 Å². The fraction of sp³-hybridized carbons (Fsp3) is 0.381. The first-order chi connectivity index (χ1) is 12.5. The van der Waals surface area contributed by atoms with Crippen LogP contribution < -0.4 is 19.5 Å². The maximum Gasteiger partial charge on any atom is 0.224 e. The van der Waals surface area contributed by atoms with Gasteiger partial charge in [-0.05, 0) is 29.2 Å². The lowest BCUT2D eigenvalue weighted by Crippen LogP contribution is -2.32. The molecule has 0 radical (unpaired) electrons. The van der Waals surface area contributed by atoms with Crippen LogP contribution in [-0.2, 0) is 11.2 Å². The van der Waals surface area contributed by atoms with E-state index in [2.05, 4.69) is 19.2 Å². The maximum absolute atomic E-state index is 12.6. The highest BCUT2D eigenvalue weighted by atomic mass is 16.5. The largest absolute Gasteiger partial charge is 0.493 e. The van der Waals surface area contributed by atoms with Crippen LogP contribution in [0.25, 0.3) is 0 Å². The number of ether oxygens (including phenoxy) is 3. The van der Waals surface area contributed by atoms with Crippen molar-refractivity contribution in [3.05, 3.63) is 53.6 Å². The number of carbonyl (C=O) groups excluding carboxylic acids is 1. The Morgan fingerprint density at radius 2 is 1.54 bits per heavy atom. The summed E-state index contributed by atoms with van der Waals surface area (Å²) in [4.78, 5) is 12.6. The molecule has 1 atom stereocenters. The van der Waals surface area contributed by atoms with Gasteiger partial charge in [-0.3, -0.25) is 4.79 Å². The molecule has 0 aliphatic carbocycles. The van der Waals surface area contributed by atoms with Gasteiger partial charge >= 0.3 is 0 Å². The van der Waals surface area contributed by atoms with Crippen molar-refractivity contribution in [2.45, 2.75) is 26.3 Å². The monoisotopic (exact) mass is 357 g/mol. The van der Waals surface area contributed by atoms with Gasteiger partial charge in [-0.2, -0.15) is 0 Å². The van der Waals surface area contributed by atoms with E-state index in [0.29, 0.717) is 17.2 Å². The van der Waals surface area contributed by atoms with Crippen LogP contribution in [0.2, 0.25) is 0 Å². The molecule has 0 spiro atoms. The molecular formula is C21H27NO4. The Balaban J connectivity index is 2.18. The molecule has 26 heavy (non-hydrogen) atoms. The van der Waals surface area contributed by atoms with Crippen LogP contribution in [-0.4, -0.2) is 27.2 Å². The molecule has 0 bridgehead atoms. The molecule has 2 rings (SSSR count). The molecular weight excluding hydrogens is 330 g/mol. The minimum atomic E-state index is -0.0539. The molecule has 5 heteroatoms. The van der Waals surface area contributed by atoms with Gasteiger partial charge in [0.1, 0.15) is 0 Å². The molecule has 0 aliphatic rings. The molecule has 1 amide bonds. The topological polar surface area (TPSA) is 56.8 Å². The lowest BCUT2D eigenvalue weighted by Gasteiger charge is -2.23. The standard InChI is InChI=1S/C21H27NO4/c1-14(2)20(16-9-7-6-8-10-16)22-19(23)13-15-11-17(24-3)21(26-5)18(12-15)25-4/h6-12,14,20H,13H2,1-5H3,(H,22,23). The number of hydrogen-bond donors (Lipinski definition) is 1. The highest BCUT2D eigenvalue weighted by molar-refractivity contribution is 5.79. The van der Waals surface area contributed by atoms with Gasteiger partial charge in [-0.25, -0.2) is 0 Å². The summed E-state index contributed by atoms with van der Waals surface area (Å²) in [6.45, 7) is 4.19. The van der Waals surface area contributed by atoms with Gasteiger partial charge in [0, 0.05) is 0 Å². The van der Waals surface area contributed by atoms with Crippen molar-refractivity contribution in [3.8, 4) is 17.2 Å². The second kappa shape index (κ2) is 9.13. The smallest absolute Gasteiger partial charge is 0.224 e. The van der Waals surface area contributed by atoms with E-state index in [1.807, 2.05) is 30.3 Å². The van der Waals surface area contributed by atoms with Crippen molar-refractivity contribution in [1.82, 2.24) is 5.32 Å². The second-order valence-electron chi connectivity index (χ2n) is 6.41. The number of nitrogens with one attached hydrogen (secondary N) is 1.